The second-order valence-electron chi connectivity index (χ2n) is 11.4. The molecule has 0 unspecified atom stereocenters. The van der Waals surface area contributed by atoms with Crippen LogP contribution in [0.25, 0.3) is 0 Å². The Hall–Kier alpha value is -3.24. The molecule has 44 heavy (non-hydrogen) atoms. The van der Waals surface area contributed by atoms with Gasteiger partial charge in [0.15, 0.2) is 0 Å². The summed E-state index contributed by atoms with van der Waals surface area (Å²) in [6, 6.07) is 14.3. The van der Waals surface area contributed by atoms with Crippen LogP contribution < -0.4 is 10.0 Å². The molecule has 1 saturated carbocycles. The fraction of sp³-hybridized carbons (Fsp3) is 0.515. The van der Waals surface area contributed by atoms with Crippen LogP contribution in [0.2, 0.25) is 5.02 Å². The second-order valence-corrected chi connectivity index (χ2v) is 12.9. The fourth-order valence-corrected chi connectivity index (χ4v) is 6.91. The van der Waals surface area contributed by atoms with Crippen LogP contribution in [-0.4, -0.2) is 60.3 Å². The number of methoxy groups -OCH3 is 1. The molecule has 4 rings (SSSR count). The Labute approximate surface area is 268 Å². The van der Waals surface area contributed by atoms with Gasteiger partial charge in [-0.3, -0.25) is 14.3 Å². The number of nitrogens with zero attached hydrogens (tertiary/aromatic N) is 1. The molecule has 3 amide bonds. The number of amides is 3. The van der Waals surface area contributed by atoms with E-state index in [-0.39, 0.29) is 31.3 Å². The van der Waals surface area contributed by atoms with E-state index in [2.05, 4.69) is 22.2 Å². The average Bonchev–Trinajstić information content (AvgIpc) is 3.27. The summed E-state index contributed by atoms with van der Waals surface area (Å²) < 4.78 is 12.9. The summed E-state index contributed by atoms with van der Waals surface area (Å²) >= 11 is 6.99. The lowest BCUT2D eigenvalue weighted by atomic mass is 9.86. The van der Waals surface area contributed by atoms with Gasteiger partial charge in [-0.05, 0) is 72.4 Å². The quantitative estimate of drug-likeness (QED) is 0.228. The van der Waals surface area contributed by atoms with Crippen molar-refractivity contribution in [2.75, 3.05) is 20.2 Å². The largest absolute Gasteiger partial charge is 0.467 e. The van der Waals surface area contributed by atoms with Gasteiger partial charge in [0.1, 0.15) is 17.9 Å². The van der Waals surface area contributed by atoms with Crippen molar-refractivity contribution in [3.8, 4) is 0 Å². The number of hydrogen-bond donors (Lipinski definition) is 2. The summed E-state index contributed by atoms with van der Waals surface area (Å²) in [6.07, 6.45) is 7.08. The van der Waals surface area contributed by atoms with Gasteiger partial charge in [-0.25, -0.2) is 9.59 Å². The van der Waals surface area contributed by atoms with Crippen LogP contribution in [0, 0.1) is 5.92 Å². The van der Waals surface area contributed by atoms with Crippen molar-refractivity contribution in [3.63, 3.8) is 0 Å². The Kier molecular flexibility index (Phi) is 13.2. The van der Waals surface area contributed by atoms with Crippen molar-refractivity contribution in [1.82, 2.24) is 14.9 Å². The highest BCUT2D eigenvalue weighted by Gasteiger charge is 2.31. The van der Waals surface area contributed by atoms with Gasteiger partial charge in [0.05, 0.1) is 7.11 Å². The number of fused-ring (bicyclic) bond motifs is 1. The zero-order valence-corrected chi connectivity index (χ0v) is 26.8. The maximum absolute atomic E-state index is 13.6. The summed E-state index contributed by atoms with van der Waals surface area (Å²) in [7, 11) is 1.26. The van der Waals surface area contributed by atoms with Crippen molar-refractivity contribution in [2.45, 2.75) is 82.1 Å². The molecule has 1 aliphatic carbocycles. The molecule has 11 heteroatoms. The molecule has 2 aliphatic rings. The number of carbonyl (C=O) groups excluding carboxylic acids is 4. The maximum atomic E-state index is 13.6. The third-order valence-electron chi connectivity index (χ3n) is 8.33. The first-order chi connectivity index (χ1) is 21.3. The van der Waals surface area contributed by atoms with Crippen LogP contribution >= 0.6 is 23.5 Å². The second kappa shape index (κ2) is 17.3. The zero-order chi connectivity index (χ0) is 31.3. The van der Waals surface area contributed by atoms with E-state index in [1.165, 1.54) is 24.7 Å². The van der Waals surface area contributed by atoms with Crippen molar-refractivity contribution in [3.05, 3.63) is 70.2 Å². The minimum absolute atomic E-state index is 0.0357. The van der Waals surface area contributed by atoms with Crippen molar-refractivity contribution in [1.29, 1.82) is 0 Å². The third-order valence-corrected chi connectivity index (χ3v) is 9.54. The molecule has 1 fully saturated rings. The van der Waals surface area contributed by atoms with Crippen LogP contribution in [0.1, 0.15) is 68.1 Å². The first kappa shape index (κ1) is 33.6. The summed E-state index contributed by atoms with van der Waals surface area (Å²) in [4.78, 5) is 53.7. The van der Waals surface area contributed by atoms with Crippen molar-refractivity contribution in [2.24, 2.45) is 5.92 Å². The van der Waals surface area contributed by atoms with Gasteiger partial charge in [-0.15, -0.1) is 0 Å². The molecule has 0 radical (unpaired) electrons. The Bertz CT molecular complexity index is 1260. The van der Waals surface area contributed by atoms with Gasteiger partial charge >= 0.3 is 12.1 Å². The molecule has 2 aromatic carbocycles. The van der Waals surface area contributed by atoms with Gasteiger partial charge in [0.25, 0.3) is 0 Å². The predicted octanol–water partition coefficient (Wildman–Crippen LogP) is 5.62. The van der Waals surface area contributed by atoms with Crippen LogP contribution in [0.15, 0.2) is 48.5 Å². The van der Waals surface area contributed by atoms with Crippen LogP contribution in [0.4, 0.5) is 4.79 Å². The minimum Gasteiger partial charge on any atom is -0.467 e. The number of esters is 1. The van der Waals surface area contributed by atoms with Gasteiger partial charge in [-0.1, -0.05) is 80.1 Å². The maximum Gasteiger partial charge on any atom is 0.417 e. The normalized spacial score (nSPS) is 16.5. The number of carbonyl (C=O) groups is 4. The Morgan fingerprint density at radius 2 is 1.70 bits per heavy atom. The number of nitrogens with one attached hydrogen (secondary N) is 2. The minimum atomic E-state index is -0.982. The lowest BCUT2D eigenvalue weighted by Gasteiger charge is -2.27. The Balaban J connectivity index is 1.33. The van der Waals surface area contributed by atoms with Crippen molar-refractivity contribution < 1.29 is 28.7 Å². The highest BCUT2D eigenvalue weighted by Crippen LogP contribution is 2.30. The van der Waals surface area contributed by atoms with E-state index in [4.69, 9.17) is 21.1 Å². The molecule has 0 aromatic heterocycles. The molecule has 238 valence electrons. The molecule has 2 N–H and O–H groups in total. The van der Waals surface area contributed by atoms with Gasteiger partial charge < -0.3 is 19.7 Å². The van der Waals surface area contributed by atoms with E-state index in [9.17, 15) is 19.2 Å². The molecule has 0 bridgehead atoms. The van der Waals surface area contributed by atoms with Crippen molar-refractivity contribution >= 4 is 47.4 Å². The molecular weight excluding hydrogens is 602 g/mol. The average molecular weight is 644 g/mol. The number of hydrogen-bond acceptors (Lipinski definition) is 7. The smallest absolute Gasteiger partial charge is 0.417 e. The predicted molar refractivity (Wildman–Crippen MR) is 171 cm³/mol. The number of ether oxygens (including phenoxy) is 2. The molecular formula is C33H42ClN3O6S. The van der Waals surface area contributed by atoms with E-state index >= 15 is 0 Å². The molecule has 0 saturated heterocycles. The SMILES string of the molecule is COC(=O)[C@H](CCC(=O)N1CCc2ccccc2CC1)NC(=O)[C@H](CC1CCCCC1)SNC(=O)OCc1cccc(Cl)c1. The highest BCUT2D eigenvalue weighted by molar-refractivity contribution is 7.99. The molecule has 2 atom stereocenters. The molecule has 0 spiro atoms. The standard InChI is InChI=1S/C33H42ClN3O6S/c1-42-32(40)28(14-15-30(38)37-18-16-25-11-5-6-12-26(25)17-19-37)35-31(39)29(21-23-8-3-2-4-9-23)44-36-33(41)43-22-24-10-7-13-27(34)20-24/h5-7,10-13,20,23,28-29H,2-4,8-9,14-19,21-22H2,1H3,(H,35,39)(H,36,41)/t28-,29-/m0/s1. The lowest BCUT2D eigenvalue weighted by Crippen LogP contribution is -2.47. The Morgan fingerprint density at radius 3 is 2.36 bits per heavy atom. The van der Waals surface area contributed by atoms with Gasteiger partial charge in [0.2, 0.25) is 11.8 Å². The van der Waals surface area contributed by atoms with E-state index in [1.54, 1.807) is 24.3 Å². The van der Waals surface area contributed by atoms with Gasteiger partial charge in [0, 0.05) is 24.5 Å². The molecule has 1 heterocycles. The number of benzene rings is 2. The number of halogens is 1. The summed E-state index contributed by atoms with van der Waals surface area (Å²) in [5, 5.41) is 2.71. The lowest BCUT2D eigenvalue weighted by molar-refractivity contribution is -0.145. The van der Waals surface area contributed by atoms with E-state index < -0.39 is 23.4 Å². The molecule has 9 nitrogen and oxygen atoms in total. The van der Waals surface area contributed by atoms with Crippen LogP contribution in [0.5, 0.6) is 0 Å². The topological polar surface area (TPSA) is 114 Å². The van der Waals surface area contributed by atoms with Crippen LogP contribution in [0.3, 0.4) is 0 Å². The Morgan fingerprint density at radius 1 is 1.00 bits per heavy atom. The van der Waals surface area contributed by atoms with E-state index in [0.717, 1.165) is 56.0 Å². The zero-order valence-electron chi connectivity index (χ0n) is 25.2. The van der Waals surface area contributed by atoms with E-state index in [1.807, 2.05) is 17.0 Å². The summed E-state index contributed by atoms with van der Waals surface area (Å²) in [5.41, 5.74) is 3.26. The van der Waals surface area contributed by atoms with E-state index in [0.29, 0.717) is 30.5 Å². The number of rotatable bonds is 12. The third kappa shape index (κ3) is 10.4. The van der Waals surface area contributed by atoms with Crippen LogP contribution in [-0.2, 0) is 43.3 Å². The first-order valence-electron chi connectivity index (χ1n) is 15.4. The summed E-state index contributed by atoms with van der Waals surface area (Å²) in [6.45, 7) is 1.27. The monoisotopic (exact) mass is 643 g/mol. The fourth-order valence-electron chi connectivity index (χ4n) is 5.86. The summed E-state index contributed by atoms with van der Waals surface area (Å²) in [5.74, 6) is -0.715. The van der Waals surface area contributed by atoms with Gasteiger partial charge in [-0.2, -0.15) is 0 Å². The first-order valence-corrected chi connectivity index (χ1v) is 16.6. The molecule has 2 aromatic rings. The molecule has 1 aliphatic heterocycles. The highest BCUT2D eigenvalue weighted by atomic mass is 35.5.